The molecule has 2 N–H and O–H groups in total. The van der Waals surface area contributed by atoms with E-state index in [0.29, 0.717) is 0 Å². The van der Waals surface area contributed by atoms with Crippen LogP contribution in [-0.2, 0) is 14.5 Å². The molecule has 0 bridgehead atoms. The van der Waals surface area contributed by atoms with Crippen molar-refractivity contribution in [2.75, 3.05) is 6.54 Å². The SMILES string of the molecule is CC1(F)CN([C@H]2C[C@H](O)[C@@H](C(F)OF)O2)C(=O)NC1=O. The molecule has 0 spiro atoms. The Bertz CT molecular complexity index is 422. The van der Waals surface area contributed by atoms with Crippen LogP contribution in [0.5, 0.6) is 0 Å². The van der Waals surface area contributed by atoms with Crippen molar-refractivity contribution in [1.82, 2.24) is 10.2 Å². The van der Waals surface area contributed by atoms with Crippen LogP contribution < -0.4 is 5.32 Å². The highest BCUT2D eigenvalue weighted by Crippen LogP contribution is 2.30. The van der Waals surface area contributed by atoms with Crippen LogP contribution in [0.25, 0.3) is 0 Å². The first-order valence-corrected chi connectivity index (χ1v) is 5.82. The maximum Gasteiger partial charge on any atom is 0.326 e. The number of aliphatic hydroxyl groups excluding tert-OH is 1. The summed E-state index contributed by atoms with van der Waals surface area (Å²) in [5.41, 5.74) is -2.34. The molecule has 0 radical (unpaired) electrons. The monoisotopic (exact) mass is 298 g/mol. The minimum absolute atomic E-state index is 0.258. The number of carbonyl (C=O) groups is 2. The first kappa shape index (κ1) is 15.0. The molecule has 2 heterocycles. The summed E-state index contributed by atoms with van der Waals surface area (Å²) in [6.45, 7) is 0.350. The number of nitrogens with one attached hydrogen (secondary N) is 1. The predicted molar refractivity (Wildman–Crippen MR) is 56.1 cm³/mol. The maximum atomic E-state index is 13.9. The van der Waals surface area contributed by atoms with Crippen LogP contribution in [0.2, 0.25) is 0 Å². The second-order valence-electron chi connectivity index (χ2n) is 4.88. The van der Waals surface area contributed by atoms with E-state index >= 15 is 0 Å². The van der Waals surface area contributed by atoms with Gasteiger partial charge in [-0.25, -0.2) is 13.6 Å². The minimum Gasteiger partial charge on any atom is -0.390 e. The van der Waals surface area contributed by atoms with Crippen LogP contribution in [0.1, 0.15) is 13.3 Å². The van der Waals surface area contributed by atoms with Crippen molar-refractivity contribution in [1.29, 1.82) is 0 Å². The van der Waals surface area contributed by atoms with Crippen molar-refractivity contribution >= 4 is 11.9 Å². The van der Waals surface area contributed by atoms with Gasteiger partial charge in [-0.15, -0.1) is 0 Å². The van der Waals surface area contributed by atoms with Crippen molar-refractivity contribution in [2.45, 2.75) is 43.8 Å². The minimum atomic E-state index is -2.53. The van der Waals surface area contributed by atoms with E-state index in [-0.39, 0.29) is 6.42 Å². The van der Waals surface area contributed by atoms with Crippen molar-refractivity contribution in [3.63, 3.8) is 0 Å². The molecular formula is C10H13F3N2O5. The Hall–Kier alpha value is -1.39. The number of amides is 3. The van der Waals surface area contributed by atoms with Gasteiger partial charge in [0, 0.05) is 6.42 Å². The van der Waals surface area contributed by atoms with Crippen LogP contribution >= 0.6 is 0 Å². The number of halogens is 3. The number of hydrogen-bond donors (Lipinski definition) is 2. The van der Waals surface area contributed by atoms with E-state index in [1.54, 1.807) is 5.32 Å². The fourth-order valence-electron chi connectivity index (χ4n) is 2.15. The smallest absolute Gasteiger partial charge is 0.326 e. The summed E-state index contributed by atoms with van der Waals surface area (Å²) in [4.78, 5) is 26.5. The highest BCUT2D eigenvalue weighted by Gasteiger charge is 2.50. The van der Waals surface area contributed by atoms with Gasteiger partial charge in [0.25, 0.3) is 12.3 Å². The van der Waals surface area contributed by atoms with Crippen molar-refractivity contribution in [3.8, 4) is 0 Å². The van der Waals surface area contributed by atoms with E-state index in [9.17, 15) is 28.0 Å². The Morgan fingerprint density at radius 2 is 2.25 bits per heavy atom. The summed E-state index contributed by atoms with van der Waals surface area (Å²) in [6, 6.07) is -0.931. The molecule has 0 aromatic carbocycles. The molecule has 114 valence electrons. The summed E-state index contributed by atoms with van der Waals surface area (Å²) >= 11 is 0. The molecule has 2 fully saturated rings. The highest BCUT2D eigenvalue weighted by atomic mass is 19.3. The summed E-state index contributed by atoms with van der Waals surface area (Å²) in [7, 11) is 0. The van der Waals surface area contributed by atoms with Crippen LogP contribution in [0.3, 0.4) is 0 Å². The van der Waals surface area contributed by atoms with E-state index in [0.717, 1.165) is 11.8 Å². The Morgan fingerprint density at radius 1 is 1.60 bits per heavy atom. The lowest BCUT2D eigenvalue weighted by Gasteiger charge is -2.37. The van der Waals surface area contributed by atoms with Crippen molar-refractivity contribution < 1.29 is 37.7 Å². The Morgan fingerprint density at radius 3 is 2.85 bits per heavy atom. The number of hydrogen-bond acceptors (Lipinski definition) is 5. The summed E-state index contributed by atoms with van der Waals surface area (Å²) in [5.74, 6) is -1.09. The van der Waals surface area contributed by atoms with Gasteiger partial charge in [0.15, 0.2) is 0 Å². The van der Waals surface area contributed by atoms with Crippen LogP contribution in [-0.4, -0.2) is 59.0 Å². The number of rotatable bonds is 3. The molecule has 0 aromatic heterocycles. The third kappa shape index (κ3) is 2.58. The molecule has 0 aliphatic carbocycles. The molecule has 10 heteroatoms. The van der Waals surface area contributed by atoms with Gasteiger partial charge in [0.2, 0.25) is 5.67 Å². The molecule has 0 saturated carbocycles. The highest BCUT2D eigenvalue weighted by molar-refractivity contribution is 6.01. The number of urea groups is 1. The fraction of sp³-hybridized carbons (Fsp3) is 0.800. The number of carbonyl (C=O) groups excluding carboxylic acids is 2. The van der Waals surface area contributed by atoms with Gasteiger partial charge >= 0.3 is 6.03 Å². The molecule has 2 saturated heterocycles. The van der Waals surface area contributed by atoms with Gasteiger partial charge in [-0.3, -0.25) is 15.0 Å². The van der Waals surface area contributed by atoms with E-state index < -0.39 is 48.9 Å². The van der Waals surface area contributed by atoms with Crippen molar-refractivity contribution in [3.05, 3.63) is 0 Å². The fourth-order valence-corrected chi connectivity index (χ4v) is 2.15. The zero-order valence-electron chi connectivity index (χ0n) is 10.4. The van der Waals surface area contributed by atoms with Crippen LogP contribution in [0.15, 0.2) is 0 Å². The molecule has 7 nitrogen and oxygen atoms in total. The average molecular weight is 298 g/mol. The van der Waals surface area contributed by atoms with Crippen LogP contribution in [0.4, 0.5) is 18.1 Å². The third-order valence-electron chi connectivity index (χ3n) is 3.25. The van der Waals surface area contributed by atoms with E-state index in [2.05, 4.69) is 4.94 Å². The summed E-state index contributed by atoms with van der Waals surface area (Å²) < 4.78 is 43.6. The standard InChI is InChI=1S/C10H13F3N2O5/c1-10(12)3-15(9(18)14-8(10)17)5-2-4(16)6(19-5)7(11)20-13/h4-7,16H,2-3H2,1H3,(H,14,17,18)/t4-,5+,6-,7?,10?/m0/s1. The zero-order chi connectivity index (χ0) is 15.1. The second-order valence-corrected chi connectivity index (χ2v) is 4.88. The number of ether oxygens (including phenoxy) is 1. The maximum absolute atomic E-state index is 13.9. The lowest BCUT2D eigenvalue weighted by Crippen LogP contribution is -2.63. The molecular weight excluding hydrogens is 285 g/mol. The summed E-state index contributed by atoms with van der Waals surface area (Å²) in [5, 5.41) is 11.3. The first-order chi connectivity index (χ1) is 9.26. The largest absolute Gasteiger partial charge is 0.390 e. The van der Waals surface area contributed by atoms with Crippen molar-refractivity contribution in [2.24, 2.45) is 0 Å². The van der Waals surface area contributed by atoms with Gasteiger partial charge in [0.05, 0.1) is 12.6 Å². The topological polar surface area (TPSA) is 88.1 Å². The quantitative estimate of drug-likeness (QED) is 0.762. The van der Waals surface area contributed by atoms with Gasteiger partial charge in [-0.05, 0) is 11.4 Å². The molecule has 20 heavy (non-hydrogen) atoms. The first-order valence-electron chi connectivity index (χ1n) is 5.82. The Balaban J connectivity index is 2.09. The second kappa shape index (κ2) is 5.19. The molecule has 2 aliphatic rings. The lowest BCUT2D eigenvalue weighted by atomic mass is 10.0. The van der Waals surface area contributed by atoms with Gasteiger partial charge < -0.3 is 9.84 Å². The number of nitrogens with zero attached hydrogens (tertiary/aromatic N) is 1. The summed E-state index contributed by atoms with van der Waals surface area (Å²) in [6.07, 6.45) is -7.04. The zero-order valence-corrected chi connectivity index (χ0v) is 10.4. The predicted octanol–water partition coefficient (Wildman–Crippen LogP) is -0.0610. The Kier molecular flexibility index (Phi) is 3.89. The molecule has 3 amide bonds. The molecule has 2 aliphatic heterocycles. The van der Waals surface area contributed by atoms with E-state index in [4.69, 9.17) is 4.74 Å². The number of aliphatic hydroxyl groups is 1. The van der Waals surface area contributed by atoms with Gasteiger partial charge in [-0.2, -0.15) is 4.94 Å². The van der Waals surface area contributed by atoms with E-state index in [1.165, 1.54) is 0 Å². The van der Waals surface area contributed by atoms with Gasteiger partial charge in [0.1, 0.15) is 12.3 Å². The van der Waals surface area contributed by atoms with Gasteiger partial charge in [-0.1, -0.05) is 0 Å². The Labute approximate surface area is 111 Å². The normalized spacial score (nSPS) is 39.9. The van der Waals surface area contributed by atoms with Crippen LogP contribution in [0, 0.1) is 0 Å². The number of imide groups is 1. The van der Waals surface area contributed by atoms with E-state index in [1.807, 2.05) is 0 Å². The molecule has 2 rings (SSSR count). The molecule has 0 aromatic rings. The third-order valence-corrected chi connectivity index (χ3v) is 3.25. The number of alkyl halides is 2. The molecule has 2 unspecified atom stereocenters. The lowest BCUT2D eigenvalue weighted by molar-refractivity contribution is -0.271. The molecule has 5 atom stereocenters. The average Bonchev–Trinajstić information content (AvgIpc) is 2.75.